The molecule has 2 atom stereocenters. The molecule has 26 heavy (non-hydrogen) atoms. The van der Waals surface area contributed by atoms with Gasteiger partial charge in [-0.05, 0) is 37.5 Å². The van der Waals surface area contributed by atoms with Gasteiger partial charge in [0.25, 0.3) is 0 Å². The zero-order valence-corrected chi connectivity index (χ0v) is 15.4. The number of aromatic nitrogens is 4. The Kier molecular flexibility index (Phi) is 3.74. The topological polar surface area (TPSA) is 56.9 Å². The van der Waals surface area contributed by atoms with Gasteiger partial charge in [-0.15, -0.1) is 0 Å². The number of hydrogen-bond donors (Lipinski definition) is 1. The fourth-order valence-electron chi connectivity index (χ4n) is 4.06. The normalized spacial score (nSPS) is 23.0. The first-order chi connectivity index (χ1) is 12.7. The number of imidazole rings is 2. The van der Waals surface area contributed by atoms with Crippen molar-refractivity contribution in [1.82, 2.24) is 19.1 Å². The van der Waals surface area contributed by atoms with Gasteiger partial charge in [0.2, 0.25) is 0 Å². The number of anilines is 1. The molecule has 1 N–H and O–H groups in total. The molecule has 0 amide bonds. The van der Waals surface area contributed by atoms with Crippen molar-refractivity contribution in [3.8, 4) is 0 Å². The standard InChI is InChI=1S/C20H25N5O/c1-24-9-8-21-20(24)18-14(7-10-26-18)12-22-15-5-6-17-16(11-15)23-19(25(17)2)13-3-4-13/h5-6,8-9,11,13-14,18,22H,3-4,7,10,12H2,1-2H3/t14-,18+/m0/s1. The van der Waals surface area contributed by atoms with E-state index in [-0.39, 0.29) is 6.10 Å². The van der Waals surface area contributed by atoms with E-state index in [2.05, 4.69) is 44.7 Å². The van der Waals surface area contributed by atoms with Gasteiger partial charge in [0.1, 0.15) is 17.8 Å². The maximum atomic E-state index is 5.96. The molecular formula is C20H25N5O. The lowest BCUT2D eigenvalue weighted by atomic mass is 10.0. The lowest BCUT2D eigenvalue weighted by Gasteiger charge is -2.19. The Balaban J connectivity index is 1.32. The molecule has 0 unspecified atom stereocenters. The number of benzene rings is 1. The number of rotatable bonds is 5. The predicted octanol–water partition coefficient (Wildman–Crippen LogP) is 3.37. The van der Waals surface area contributed by atoms with Crippen LogP contribution in [0.25, 0.3) is 11.0 Å². The second kappa shape index (κ2) is 6.13. The fourth-order valence-corrected chi connectivity index (χ4v) is 4.06. The van der Waals surface area contributed by atoms with Gasteiger partial charge in [0.05, 0.1) is 11.0 Å². The zero-order chi connectivity index (χ0) is 17.7. The number of nitrogens with one attached hydrogen (secondary N) is 1. The first-order valence-electron chi connectivity index (χ1n) is 9.50. The lowest BCUT2D eigenvalue weighted by molar-refractivity contribution is 0.0839. The molecule has 3 aromatic rings. The third-order valence-corrected chi connectivity index (χ3v) is 5.75. The van der Waals surface area contributed by atoms with Gasteiger partial charge in [0, 0.05) is 57.2 Å². The Morgan fingerprint density at radius 3 is 2.85 bits per heavy atom. The van der Waals surface area contributed by atoms with Crippen molar-refractivity contribution in [3.63, 3.8) is 0 Å². The summed E-state index contributed by atoms with van der Waals surface area (Å²) in [7, 11) is 4.16. The summed E-state index contributed by atoms with van der Waals surface area (Å²) in [4.78, 5) is 9.34. The third-order valence-electron chi connectivity index (χ3n) is 5.75. The van der Waals surface area contributed by atoms with Crippen LogP contribution in [0.5, 0.6) is 0 Å². The van der Waals surface area contributed by atoms with E-state index in [0.29, 0.717) is 11.8 Å². The van der Waals surface area contributed by atoms with Crippen LogP contribution in [0.2, 0.25) is 0 Å². The molecule has 0 spiro atoms. The Morgan fingerprint density at radius 2 is 2.08 bits per heavy atom. The smallest absolute Gasteiger partial charge is 0.138 e. The Labute approximate surface area is 153 Å². The Morgan fingerprint density at radius 1 is 1.19 bits per heavy atom. The molecule has 1 saturated heterocycles. The van der Waals surface area contributed by atoms with E-state index in [4.69, 9.17) is 9.72 Å². The minimum absolute atomic E-state index is 0.0718. The largest absolute Gasteiger partial charge is 0.385 e. The predicted molar refractivity (Wildman–Crippen MR) is 101 cm³/mol. The molecule has 0 bridgehead atoms. The zero-order valence-electron chi connectivity index (χ0n) is 15.4. The average molecular weight is 351 g/mol. The molecule has 2 aromatic heterocycles. The Hall–Kier alpha value is -2.34. The first kappa shape index (κ1) is 15.9. The molecule has 6 heteroatoms. The highest BCUT2D eigenvalue weighted by Gasteiger charge is 2.32. The van der Waals surface area contributed by atoms with Gasteiger partial charge in [-0.2, -0.15) is 0 Å². The monoisotopic (exact) mass is 351 g/mol. The van der Waals surface area contributed by atoms with Crippen LogP contribution in [-0.2, 0) is 18.8 Å². The van der Waals surface area contributed by atoms with Crippen LogP contribution in [0.4, 0.5) is 5.69 Å². The van der Waals surface area contributed by atoms with Crippen LogP contribution < -0.4 is 5.32 Å². The van der Waals surface area contributed by atoms with Crippen molar-refractivity contribution in [2.45, 2.75) is 31.3 Å². The molecule has 2 aliphatic rings. The molecule has 6 nitrogen and oxygen atoms in total. The lowest BCUT2D eigenvalue weighted by Crippen LogP contribution is -2.20. The van der Waals surface area contributed by atoms with E-state index >= 15 is 0 Å². The maximum Gasteiger partial charge on any atom is 0.138 e. The van der Waals surface area contributed by atoms with Gasteiger partial charge < -0.3 is 19.2 Å². The van der Waals surface area contributed by atoms with E-state index in [1.807, 2.05) is 19.4 Å². The molecule has 2 fully saturated rings. The van der Waals surface area contributed by atoms with E-state index < -0.39 is 0 Å². The second-order valence-corrected chi connectivity index (χ2v) is 7.62. The SMILES string of the molecule is Cn1ccnc1[C@@H]1OCC[C@H]1CNc1ccc2c(c1)nc(C1CC1)n2C. The number of hydrogen-bond acceptors (Lipinski definition) is 4. The van der Waals surface area contributed by atoms with Crippen LogP contribution in [0.15, 0.2) is 30.6 Å². The van der Waals surface area contributed by atoms with Crippen molar-refractivity contribution in [2.24, 2.45) is 20.0 Å². The molecule has 1 aromatic carbocycles. The van der Waals surface area contributed by atoms with Crippen molar-refractivity contribution in [1.29, 1.82) is 0 Å². The van der Waals surface area contributed by atoms with Crippen LogP contribution in [0.1, 0.15) is 42.9 Å². The quantitative estimate of drug-likeness (QED) is 0.766. The maximum absolute atomic E-state index is 5.96. The summed E-state index contributed by atoms with van der Waals surface area (Å²) in [6.07, 6.45) is 7.50. The summed E-state index contributed by atoms with van der Waals surface area (Å²) in [5, 5.41) is 3.60. The van der Waals surface area contributed by atoms with Gasteiger partial charge in [0.15, 0.2) is 0 Å². The highest BCUT2D eigenvalue weighted by Crippen LogP contribution is 2.40. The summed E-state index contributed by atoms with van der Waals surface area (Å²) in [6.45, 7) is 1.68. The molecule has 3 heterocycles. The number of aryl methyl sites for hydroxylation is 2. The van der Waals surface area contributed by atoms with Crippen molar-refractivity contribution < 1.29 is 4.74 Å². The van der Waals surface area contributed by atoms with Crippen LogP contribution >= 0.6 is 0 Å². The highest BCUT2D eigenvalue weighted by atomic mass is 16.5. The van der Waals surface area contributed by atoms with E-state index in [1.54, 1.807) is 0 Å². The van der Waals surface area contributed by atoms with Crippen LogP contribution in [-0.4, -0.2) is 32.3 Å². The van der Waals surface area contributed by atoms with Gasteiger partial charge in [-0.25, -0.2) is 9.97 Å². The van der Waals surface area contributed by atoms with Crippen molar-refractivity contribution >= 4 is 16.7 Å². The number of nitrogens with zero attached hydrogens (tertiary/aromatic N) is 4. The molecule has 1 saturated carbocycles. The second-order valence-electron chi connectivity index (χ2n) is 7.62. The third kappa shape index (κ3) is 2.69. The van der Waals surface area contributed by atoms with E-state index in [0.717, 1.165) is 36.6 Å². The summed E-state index contributed by atoms with van der Waals surface area (Å²) in [5.74, 6) is 3.34. The fraction of sp³-hybridized carbons (Fsp3) is 0.500. The van der Waals surface area contributed by atoms with Crippen molar-refractivity contribution in [3.05, 3.63) is 42.2 Å². The summed E-state index contributed by atoms with van der Waals surface area (Å²) >= 11 is 0. The Bertz CT molecular complexity index is 939. The minimum Gasteiger partial charge on any atom is -0.385 e. The van der Waals surface area contributed by atoms with Gasteiger partial charge in [-0.3, -0.25) is 0 Å². The van der Waals surface area contributed by atoms with E-state index in [1.165, 1.54) is 24.2 Å². The van der Waals surface area contributed by atoms with Gasteiger partial charge >= 0.3 is 0 Å². The highest BCUT2D eigenvalue weighted by molar-refractivity contribution is 5.80. The van der Waals surface area contributed by atoms with Gasteiger partial charge in [-0.1, -0.05) is 0 Å². The van der Waals surface area contributed by atoms with Crippen molar-refractivity contribution in [2.75, 3.05) is 18.5 Å². The molecule has 136 valence electrons. The van der Waals surface area contributed by atoms with Crippen LogP contribution in [0.3, 0.4) is 0 Å². The summed E-state index contributed by atoms with van der Waals surface area (Å²) in [6, 6.07) is 6.51. The average Bonchev–Trinajstić information content (AvgIpc) is 3.07. The van der Waals surface area contributed by atoms with E-state index in [9.17, 15) is 0 Å². The number of fused-ring (bicyclic) bond motifs is 1. The summed E-state index contributed by atoms with van der Waals surface area (Å²) in [5.41, 5.74) is 3.43. The van der Waals surface area contributed by atoms with Crippen LogP contribution in [0, 0.1) is 5.92 Å². The molecular weight excluding hydrogens is 326 g/mol. The molecule has 1 aliphatic carbocycles. The molecule has 0 radical (unpaired) electrons. The summed E-state index contributed by atoms with van der Waals surface area (Å²) < 4.78 is 10.3. The molecule has 5 rings (SSSR count). The molecule has 1 aliphatic heterocycles. The number of ether oxygens (including phenoxy) is 1. The minimum atomic E-state index is 0.0718. The first-order valence-corrected chi connectivity index (χ1v) is 9.50.